The number of aromatic nitrogens is 2. The van der Waals surface area contributed by atoms with Crippen LogP contribution in [0, 0.1) is 10.1 Å². The summed E-state index contributed by atoms with van der Waals surface area (Å²) in [5.41, 5.74) is -0.471. The first-order chi connectivity index (χ1) is 6.79. The van der Waals surface area contributed by atoms with E-state index in [2.05, 4.69) is 9.97 Å². The topological polar surface area (TPSA) is 98.0 Å². The van der Waals surface area contributed by atoms with Crippen molar-refractivity contribution >= 4 is 51.7 Å². The number of nitrogens with zero attached hydrogens (tertiary/aromatic N) is 3. The van der Waals surface area contributed by atoms with Crippen LogP contribution in [-0.2, 0) is 4.57 Å². The molecule has 0 fully saturated rings. The molecule has 0 radical (unpaired) electrons. The maximum atomic E-state index is 10.9. The zero-order valence-electron chi connectivity index (χ0n) is 6.72. The van der Waals surface area contributed by atoms with Gasteiger partial charge in [0.25, 0.3) is 0 Å². The highest BCUT2D eigenvalue weighted by molar-refractivity contribution is 8.09. The Labute approximate surface area is 97.9 Å². The molecule has 0 bridgehead atoms. The molecular formula is C4H2Cl3N4O3P. The lowest BCUT2D eigenvalue weighted by atomic mass is 10.5. The van der Waals surface area contributed by atoms with Crippen molar-refractivity contribution in [2.24, 2.45) is 0 Å². The molecule has 0 saturated heterocycles. The monoisotopic (exact) mass is 290 g/mol. The second-order valence-electron chi connectivity index (χ2n) is 2.20. The summed E-state index contributed by atoms with van der Waals surface area (Å²) in [5.74, 6) is -3.86. The molecular weight excluding hydrogens is 289 g/mol. The maximum Gasteiger partial charge on any atom is 0.345 e. The fraction of sp³-hybridized carbons (Fsp3) is 0. The van der Waals surface area contributed by atoms with Gasteiger partial charge in [-0.2, -0.15) is 4.98 Å². The van der Waals surface area contributed by atoms with E-state index in [1.165, 1.54) is 0 Å². The molecule has 82 valence electrons. The Morgan fingerprint density at radius 3 is 2.53 bits per heavy atom. The Morgan fingerprint density at radius 1 is 1.53 bits per heavy atom. The van der Waals surface area contributed by atoms with Crippen LogP contribution in [0.5, 0.6) is 0 Å². The van der Waals surface area contributed by atoms with Crippen molar-refractivity contribution in [3.05, 3.63) is 21.5 Å². The molecule has 1 N–H and O–H groups in total. The Kier molecular flexibility index (Phi) is 3.72. The summed E-state index contributed by atoms with van der Waals surface area (Å²) in [6.07, 6.45) is 0.848. The number of hydrogen-bond donors (Lipinski definition) is 1. The molecule has 0 aliphatic rings. The zero-order chi connectivity index (χ0) is 11.6. The third kappa shape index (κ3) is 3.79. The summed E-state index contributed by atoms with van der Waals surface area (Å²) in [5, 5.41) is 12.0. The molecule has 15 heavy (non-hydrogen) atoms. The molecule has 11 heteroatoms. The van der Waals surface area contributed by atoms with E-state index in [1.54, 1.807) is 0 Å². The smallest absolute Gasteiger partial charge is 0.281 e. The largest absolute Gasteiger partial charge is 0.345 e. The Hall–Kier alpha value is -0.620. The number of nitrogens with one attached hydrogen (secondary N) is 1. The van der Waals surface area contributed by atoms with Crippen LogP contribution in [0.2, 0.25) is 5.15 Å². The summed E-state index contributed by atoms with van der Waals surface area (Å²) in [7, 11) is 0. The van der Waals surface area contributed by atoms with Crippen molar-refractivity contribution < 1.29 is 9.49 Å². The number of hydrogen-bond acceptors (Lipinski definition) is 5. The van der Waals surface area contributed by atoms with Gasteiger partial charge in [0.1, 0.15) is 6.20 Å². The Bertz CT molecular complexity index is 449. The normalized spacial score (nSPS) is 11.1. The molecule has 0 spiro atoms. The lowest BCUT2D eigenvalue weighted by molar-refractivity contribution is -0.385. The summed E-state index contributed by atoms with van der Waals surface area (Å²) in [4.78, 5) is 16.5. The van der Waals surface area contributed by atoms with Gasteiger partial charge in [0, 0.05) is 0 Å². The fourth-order valence-electron chi connectivity index (χ4n) is 0.647. The Balaban J connectivity index is 3.02. The minimum absolute atomic E-state index is 0.251. The molecule has 1 rings (SSSR count). The summed E-state index contributed by atoms with van der Waals surface area (Å²) >= 11 is 15.8. The molecule has 1 aromatic heterocycles. The summed E-state index contributed by atoms with van der Waals surface area (Å²) in [6, 6.07) is 0. The summed E-state index contributed by atoms with van der Waals surface area (Å²) < 4.78 is 10.9. The van der Waals surface area contributed by atoms with Crippen molar-refractivity contribution in [3.8, 4) is 0 Å². The highest BCUT2D eigenvalue weighted by Gasteiger charge is 2.19. The first kappa shape index (κ1) is 12.4. The SMILES string of the molecule is O=[N+]([O-])c1cnc(NP(=O)(Cl)Cl)nc1Cl. The highest BCUT2D eigenvalue weighted by Crippen LogP contribution is 2.55. The van der Waals surface area contributed by atoms with Crippen LogP contribution in [0.3, 0.4) is 0 Å². The van der Waals surface area contributed by atoms with Gasteiger partial charge < -0.3 is 0 Å². The predicted octanol–water partition coefficient (Wildman–Crippen LogP) is 3.04. The van der Waals surface area contributed by atoms with Crippen molar-refractivity contribution in [2.45, 2.75) is 0 Å². The quantitative estimate of drug-likeness (QED) is 0.398. The molecule has 0 aliphatic heterocycles. The molecule has 1 heterocycles. The van der Waals surface area contributed by atoms with E-state index in [4.69, 9.17) is 34.1 Å². The van der Waals surface area contributed by atoms with E-state index < -0.39 is 21.8 Å². The van der Waals surface area contributed by atoms with E-state index >= 15 is 0 Å². The summed E-state index contributed by atoms with van der Waals surface area (Å²) in [6.45, 7) is 0. The number of halogens is 3. The molecule has 0 atom stereocenters. The van der Waals surface area contributed by atoms with Crippen molar-refractivity contribution in [2.75, 3.05) is 5.09 Å². The van der Waals surface area contributed by atoms with Gasteiger partial charge in [0.2, 0.25) is 11.1 Å². The van der Waals surface area contributed by atoms with Gasteiger partial charge in [0.05, 0.1) is 4.92 Å². The van der Waals surface area contributed by atoms with Gasteiger partial charge in [-0.1, -0.05) is 11.6 Å². The van der Waals surface area contributed by atoms with Crippen LogP contribution in [0.1, 0.15) is 0 Å². The third-order valence-electron chi connectivity index (χ3n) is 1.15. The van der Waals surface area contributed by atoms with Gasteiger partial charge in [-0.25, -0.2) is 4.98 Å². The molecule has 0 aromatic carbocycles. The van der Waals surface area contributed by atoms with Crippen LogP contribution in [0.25, 0.3) is 0 Å². The van der Waals surface area contributed by atoms with E-state index in [1.807, 2.05) is 5.09 Å². The van der Waals surface area contributed by atoms with E-state index in [0.717, 1.165) is 6.20 Å². The minimum Gasteiger partial charge on any atom is -0.281 e. The number of nitro groups is 1. The number of anilines is 1. The Morgan fingerprint density at radius 2 is 2.13 bits per heavy atom. The average molecular weight is 291 g/mol. The van der Waals surface area contributed by atoms with Crippen molar-refractivity contribution in [1.82, 2.24) is 9.97 Å². The number of rotatable bonds is 3. The average Bonchev–Trinajstić information content (AvgIpc) is 1.99. The lowest BCUT2D eigenvalue weighted by Gasteiger charge is -2.04. The van der Waals surface area contributed by atoms with Crippen LogP contribution < -0.4 is 5.09 Å². The third-order valence-corrected chi connectivity index (χ3v) is 2.40. The second kappa shape index (κ2) is 4.49. The van der Waals surface area contributed by atoms with E-state index in [0.29, 0.717) is 0 Å². The van der Waals surface area contributed by atoms with Crippen molar-refractivity contribution in [1.29, 1.82) is 0 Å². The van der Waals surface area contributed by atoms with Gasteiger partial charge in [-0.3, -0.25) is 19.8 Å². The molecule has 0 aliphatic carbocycles. The fourth-order valence-corrected chi connectivity index (χ4v) is 1.64. The van der Waals surface area contributed by atoms with Gasteiger partial charge >= 0.3 is 11.7 Å². The molecule has 0 amide bonds. The van der Waals surface area contributed by atoms with Crippen LogP contribution in [0.15, 0.2) is 6.20 Å². The van der Waals surface area contributed by atoms with E-state index in [-0.39, 0.29) is 5.95 Å². The lowest BCUT2D eigenvalue weighted by Crippen LogP contribution is -1.98. The minimum atomic E-state index is -3.61. The standard InChI is InChI=1S/C4H2Cl3N4O3P/c5-3-2(11(12)13)1-8-4(9-3)10-15(6,7)14/h1H,(H,8,9,10,14). The first-order valence-electron chi connectivity index (χ1n) is 3.24. The maximum absolute atomic E-state index is 10.9. The predicted molar refractivity (Wildman–Crippen MR) is 56.6 cm³/mol. The van der Waals surface area contributed by atoms with Gasteiger partial charge in [-0.15, -0.1) is 0 Å². The van der Waals surface area contributed by atoms with Gasteiger partial charge in [-0.05, 0) is 22.5 Å². The second-order valence-corrected chi connectivity index (χ2v) is 7.08. The van der Waals surface area contributed by atoms with Crippen LogP contribution in [0.4, 0.5) is 11.6 Å². The molecule has 0 saturated carbocycles. The first-order valence-corrected chi connectivity index (χ1v) is 7.13. The van der Waals surface area contributed by atoms with E-state index in [9.17, 15) is 14.7 Å². The van der Waals surface area contributed by atoms with Crippen LogP contribution >= 0.6 is 40.1 Å². The molecule has 7 nitrogen and oxygen atoms in total. The molecule has 1 aromatic rings. The molecule has 0 unspecified atom stereocenters. The zero-order valence-corrected chi connectivity index (χ0v) is 9.89. The highest BCUT2D eigenvalue weighted by atomic mass is 35.9. The van der Waals surface area contributed by atoms with Crippen molar-refractivity contribution in [3.63, 3.8) is 0 Å². The van der Waals surface area contributed by atoms with Gasteiger partial charge in [0.15, 0.2) is 0 Å². The van der Waals surface area contributed by atoms with Crippen LogP contribution in [-0.4, -0.2) is 14.9 Å².